The van der Waals surface area contributed by atoms with Crippen molar-refractivity contribution < 1.29 is 0 Å². The molecule has 2 heteroatoms. The largest absolute Gasteiger partial charge is 0.316 e. The molecule has 0 spiro atoms. The zero-order valence-electron chi connectivity index (χ0n) is 12.6. The molecule has 0 aromatic heterocycles. The van der Waals surface area contributed by atoms with Gasteiger partial charge in [0.1, 0.15) is 0 Å². The first-order valence-electron chi connectivity index (χ1n) is 7.56. The number of rotatable bonds is 6. The zero-order chi connectivity index (χ0) is 13.7. The Morgan fingerprint density at radius 3 is 2.63 bits per heavy atom. The van der Waals surface area contributed by atoms with E-state index in [-0.39, 0.29) is 5.41 Å². The lowest BCUT2D eigenvalue weighted by Gasteiger charge is -2.26. The van der Waals surface area contributed by atoms with Gasteiger partial charge in [-0.1, -0.05) is 43.7 Å². The van der Waals surface area contributed by atoms with Gasteiger partial charge in [0.05, 0.1) is 0 Å². The van der Waals surface area contributed by atoms with Crippen LogP contribution in [0, 0.1) is 12.8 Å². The maximum Gasteiger partial charge on any atom is 0.00431 e. The van der Waals surface area contributed by atoms with Crippen LogP contribution in [0.25, 0.3) is 0 Å². The summed E-state index contributed by atoms with van der Waals surface area (Å²) in [7, 11) is 0. The third-order valence-corrected chi connectivity index (χ3v) is 4.29. The van der Waals surface area contributed by atoms with Crippen molar-refractivity contribution in [3.05, 3.63) is 35.4 Å². The third-order valence-electron chi connectivity index (χ3n) is 4.29. The fourth-order valence-corrected chi connectivity index (χ4v) is 2.77. The summed E-state index contributed by atoms with van der Waals surface area (Å²) in [4.78, 5) is 0. The van der Waals surface area contributed by atoms with Crippen LogP contribution >= 0.6 is 0 Å². The minimum absolute atomic E-state index is 0.210. The molecule has 2 N–H and O–H groups in total. The first-order valence-corrected chi connectivity index (χ1v) is 7.56. The molecule has 19 heavy (non-hydrogen) atoms. The summed E-state index contributed by atoms with van der Waals surface area (Å²) in [5.74, 6) is 0.884. The van der Waals surface area contributed by atoms with E-state index in [1.807, 2.05) is 0 Å². The highest BCUT2D eigenvalue weighted by molar-refractivity contribution is 5.27. The van der Waals surface area contributed by atoms with Gasteiger partial charge in [-0.3, -0.25) is 0 Å². The van der Waals surface area contributed by atoms with Gasteiger partial charge in [-0.05, 0) is 50.9 Å². The summed E-state index contributed by atoms with van der Waals surface area (Å²) in [6.07, 6.45) is 2.65. The van der Waals surface area contributed by atoms with Gasteiger partial charge in [0, 0.05) is 12.0 Å². The van der Waals surface area contributed by atoms with Crippen molar-refractivity contribution in [1.82, 2.24) is 10.6 Å². The van der Waals surface area contributed by atoms with Crippen molar-refractivity contribution in [2.45, 2.75) is 39.0 Å². The van der Waals surface area contributed by atoms with Gasteiger partial charge >= 0.3 is 0 Å². The Bertz CT molecular complexity index is 375. The first-order chi connectivity index (χ1) is 9.08. The summed E-state index contributed by atoms with van der Waals surface area (Å²) >= 11 is 0. The van der Waals surface area contributed by atoms with Crippen LogP contribution in [-0.4, -0.2) is 26.2 Å². The van der Waals surface area contributed by atoms with Gasteiger partial charge in [0.25, 0.3) is 0 Å². The van der Waals surface area contributed by atoms with E-state index in [0.29, 0.717) is 0 Å². The van der Waals surface area contributed by atoms with E-state index in [1.54, 1.807) is 0 Å². The van der Waals surface area contributed by atoms with Gasteiger partial charge in [0.2, 0.25) is 0 Å². The van der Waals surface area contributed by atoms with Crippen molar-refractivity contribution in [1.29, 1.82) is 0 Å². The van der Waals surface area contributed by atoms with E-state index in [4.69, 9.17) is 0 Å². The number of nitrogens with one attached hydrogen (secondary N) is 2. The lowest BCUT2D eigenvalue weighted by atomic mass is 9.84. The summed E-state index contributed by atoms with van der Waals surface area (Å²) in [6.45, 7) is 11.4. The van der Waals surface area contributed by atoms with Crippen molar-refractivity contribution >= 4 is 0 Å². The highest BCUT2D eigenvalue weighted by Crippen LogP contribution is 2.22. The van der Waals surface area contributed by atoms with Gasteiger partial charge in [0.15, 0.2) is 0 Å². The first kappa shape index (κ1) is 14.5. The highest BCUT2D eigenvalue weighted by Gasteiger charge is 2.20. The molecule has 1 saturated heterocycles. The average molecular weight is 260 g/mol. The van der Waals surface area contributed by atoms with Gasteiger partial charge in [-0.2, -0.15) is 0 Å². The Balaban J connectivity index is 1.75. The second-order valence-corrected chi connectivity index (χ2v) is 6.57. The Hall–Kier alpha value is -0.860. The molecule has 0 radical (unpaired) electrons. The summed E-state index contributed by atoms with van der Waals surface area (Å²) in [5, 5.41) is 7.07. The third kappa shape index (κ3) is 4.32. The Kier molecular flexibility index (Phi) is 5.00. The van der Waals surface area contributed by atoms with Crippen LogP contribution in [-0.2, 0) is 5.41 Å². The molecule has 2 rings (SSSR count). The van der Waals surface area contributed by atoms with Crippen molar-refractivity contribution in [2.24, 2.45) is 5.92 Å². The fraction of sp³-hybridized carbons (Fsp3) is 0.647. The molecule has 0 saturated carbocycles. The number of benzene rings is 1. The Labute approximate surface area is 118 Å². The van der Waals surface area contributed by atoms with E-state index >= 15 is 0 Å². The molecular formula is C17H28N2. The topological polar surface area (TPSA) is 24.1 Å². The molecule has 1 heterocycles. The average Bonchev–Trinajstić information content (AvgIpc) is 2.88. The highest BCUT2D eigenvalue weighted by atomic mass is 14.9. The molecule has 0 bridgehead atoms. The lowest BCUT2D eigenvalue weighted by Crippen LogP contribution is -2.34. The standard InChI is InChI=1S/C17H28N2/c1-14-4-6-16(7-5-14)17(2,3)13-19-11-9-15-8-10-18-12-15/h4-7,15,18-19H,8-13H2,1-3H3. The molecule has 1 aromatic carbocycles. The smallest absolute Gasteiger partial charge is 0.00431 e. The maximum atomic E-state index is 3.64. The van der Waals surface area contributed by atoms with Crippen LogP contribution in [0.5, 0.6) is 0 Å². The Morgan fingerprint density at radius 1 is 1.26 bits per heavy atom. The lowest BCUT2D eigenvalue weighted by molar-refractivity contribution is 0.437. The molecule has 1 fully saturated rings. The van der Waals surface area contributed by atoms with Gasteiger partial charge in [-0.15, -0.1) is 0 Å². The van der Waals surface area contributed by atoms with Crippen LogP contribution in [0.1, 0.15) is 37.8 Å². The number of aryl methyl sites for hydroxylation is 1. The predicted octanol–water partition coefficient (Wildman–Crippen LogP) is 2.86. The van der Waals surface area contributed by atoms with Crippen LogP contribution in [0.15, 0.2) is 24.3 Å². The van der Waals surface area contributed by atoms with E-state index in [0.717, 1.165) is 19.0 Å². The monoisotopic (exact) mass is 260 g/mol. The fourth-order valence-electron chi connectivity index (χ4n) is 2.77. The van der Waals surface area contributed by atoms with Crippen LogP contribution < -0.4 is 10.6 Å². The van der Waals surface area contributed by atoms with Crippen LogP contribution in [0.2, 0.25) is 0 Å². The van der Waals surface area contributed by atoms with E-state index in [1.165, 1.54) is 37.1 Å². The van der Waals surface area contributed by atoms with Crippen molar-refractivity contribution in [2.75, 3.05) is 26.2 Å². The molecule has 1 unspecified atom stereocenters. The molecule has 106 valence electrons. The summed E-state index contributed by atoms with van der Waals surface area (Å²) in [5.41, 5.74) is 2.97. The number of hydrogen-bond donors (Lipinski definition) is 2. The second kappa shape index (κ2) is 6.53. The molecular weight excluding hydrogens is 232 g/mol. The Morgan fingerprint density at radius 2 is 2.00 bits per heavy atom. The normalized spacial score (nSPS) is 19.8. The van der Waals surface area contributed by atoms with E-state index < -0.39 is 0 Å². The van der Waals surface area contributed by atoms with E-state index in [9.17, 15) is 0 Å². The molecule has 1 atom stereocenters. The van der Waals surface area contributed by atoms with Gasteiger partial charge in [-0.25, -0.2) is 0 Å². The van der Waals surface area contributed by atoms with E-state index in [2.05, 4.69) is 55.7 Å². The van der Waals surface area contributed by atoms with Gasteiger partial charge < -0.3 is 10.6 Å². The maximum absolute atomic E-state index is 3.64. The molecule has 0 aliphatic carbocycles. The van der Waals surface area contributed by atoms with Crippen LogP contribution in [0.4, 0.5) is 0 Å². The minimum atomic E-state index is 0.210. The predicted molar refractivity (Wildman–Crippen MR) is 82.7 cm³/mol. The molecule has 0 amide bonds. The molecule has 1 aromatic rings. The minimum Gasteiger partial charge on any atom is -0.316 e. The van der Waals surface area contributed by atoms with Crippen molar-refractivity contribution in [3.63, 3.8) is 0 Å². The molecule has 1 aliphatic rings. The summed E-state index contributed by atoms with van der Waals surface area (Å²) < 4.78 is 0. The SMILES string of the molecule is Cc1ccc(C(C)(C)CNCCC2CCNC2)cc1. The second-order valence-electron chi connectivity index (χ2n) is 6.57. The summed E-state index contributed by atoms with van der Waals surface area (Å²) in [6, 6.07) is 8.94. The van der Waals surface area contributed by atoms with Crippen LogP contribution in [0.3, 0.4) is 0 Å². The number of hydrogen-bond acceptors (Lipinski definition) is 2. The quantitative estimate of drug-likeness (QED) is 0.769. The molecule has 2 nitrogen and oxygen atoms in total. The zero-order valence-corrected chi connectivity index (χ0v) is 12.6. The van der Waals surface area contributed by atoms with Crippen molar-refractivity contribution in [3.8, 4) is 0 Å². The molecule has 1 aliphatic heterocycles.